The maximum absolute atomic E-state index is 12.3. The number of rotatable bonds is 3. The fourth-order valence-corrected chi connectivity index (χ4v) is 2.86. The number of aromatic hydroxyl groups is 1. The van der Waals surface area contributed by atoms with E-state index in [-0.39, 0.29) is 10.8 Å². The monoisotopic (exact) mass is 324 g/mol. The van der Waals surface area contributed by atoms with Crippen molar-refractivity contribution in [2.45, 2.75) is 0 Å². The molecule has 0 fully saturated rings. The number of benzene rings is 3. The largest absolute Gasteiger partial charge is 0.506 e. The van der Waals surface area contributed by atoms with E-state index in [1.54, 1.807) is 0 Å². The van der Waals surface area contributed by atoms with E-state index in [0.29, 0.717) is 11.1 Å². The van der Waals surface area contributed by atoms with Crippen LogP contribution in [0.5, 0.6) is 5.75 Å². The summed E-state index contributed by atoms with van der Waals surface area (Å²) in [4.78, 5) is 12.3. The van der Waals surface area contributed by atoms with Crippen molar-refractivity contribution in [2.75, 3.05) is 0 Å². The smallest absolute Gasteiger partial charge is 0.272 e. The minimum atomic E-state index is -0.440. The SMILES string of the molecule is C=NNC(=O)c1ccc(O)c(Cl)c1-c1cccc2ccccc12. The Morgan fingerprint density at radius 3 is 2.61 bits per heavy atom. The maximum Gasteiger partial charge on any atom is 0.272 e. The summed E-state index contributed by atoms with van der Waals surface area (Å²) < 4.78 is 0. The van der Waals surface area contributed by atoms with Crippen LogP contribution >= 0.6 is 11.6 Å². The van der Waals surface area contributed by atoms with Crippen LogP contribution in [0.3, 0.4) is 0 Å². The third-order valence-electron chi connectivity index (χ3n) is 3.61. The van der Waals surface area contributed by atoms with Crippen LogP contribution in [-0.2, 0) is 0 Å². The maximum atomic E-state index is 12.3. The number of nitrogens with zero attached hydrogens (tertiary/aromatic N) is 1. The lowest BCUT2D eigenvalue weighted by Gasteiger charge is -2.14. The molecule has 0 aromatic heterocycles. The van der Waals surface area contributed by atoms with Crippen LogP contribution in [0, 0.1) is 0 Å². The quantitative estimate of drug-likeness (QED) is 0.560. The minimum absolute atomic E-state index is 0.0855. The summed E-state index contributed by atoms with van der Waals surface area (Å²) in [5.41, 5.74) is 3.84. The second-order valence-corrected chi connectivity index (χ2v) is 5.32. The number of halogens is 1. The molecule has 0 aliphatic rings. The van der Waals surface area contributed by atoms with Gasteiger partial charge < -0.3 is 5.11 Å². The number of phenolic OH excluding ortho intramolecular Hbond substituents is 1. The van der Waals surface area contributed by atoms with Crippen LogP contribution in [0.4, 0.5) is 0 Å². The first-order valence-corrected chi connectivity index (χ1v) is 7.27. The van der Waals surface area contributed by atoms with Gasteiger partial charge in [0.1, 0.15) is 5.75 Å². The van der Waals surface area contributed by atoms with Crippen LogP contribution in [0.2, 0.25) is 5.02 Å². The number of hydrazone groups is 1. The van der Waals surface area contributed by atoms with Gasteiger partial charge in [0, 0.05) is 12.3 Å². The lowest BCUT2D eigenvalue weighted by molar-refractivity contribution is 0.0956. The van der Waals surface area contributed by atoms with Crippen molar-refractivity contribution in [3.05, 3.63) is 65.2 Å². The Labute approximate surface area is 138 Å². The van der Waals surface area contributed by atoms with Crippen LogP contribution < -0.4 is 5.43 Å². The lowest BCUT2D eigenvalue weighted by Crippen LogP contribution is -2.17. The van der Waals surface area contributed by atoms with Crippen molar-refractivity contribution in [3.63, 3.8) is 0 Å². The molecule has 0 saturated carbocycles. The average molecular weight is 325 g/mol. The molecule has 0 spiro atoms. The van der Waals surface area contributed by atoms with Crippen molar-refractivity contribution in [2.24, 2.45) is 5.10 Å². The molecule has 2 N–H and O–H groups in total. The molecular weight excluding hydrogens is 312 g/mol. The molecule has 0 aliphatic heterocycles. The molecule has 0 aliphatic carbocycles. The van der Waals surface area contributed by atoms with Crippen LogP contribution in [-0.4, -0.2) is 17.7 Å². The second-order valence-electron chi connectivity index (χ2n) is 4.95. The zero-order valence-electron chi connectivity index (χ0n) is 12.1. The topological polar surface area (TPSA) is 61.7 Å². The molecule has 0 bridgehead atoms. The summed E-state index contributed by atoms with van der Waals surface area (Å²) in [7, 11) is 0. The Balaban J connectivity index is 2.35. The minimum Gasteiger partial charge on any atom is -0.506 e. The van der Waals surface area contributed by atoms with E-state index in [4.69, 9.17) is 11.6 Å². The van der Waals surface area contributed by atoms with Gasteiger partial charge in [-0.1, -0.05) is 54.1 Å². The number of nitrogens with one attached hydrogen (secondary N) is 1. The number of carbonyl (C=O) groups is 1. The molecule has 0 heterocycles. The van der Waals surface area contributed by atoms with E-state index in [2.05, 4.69) is 17.2 Å². The molecular formula is C18H13ClN2O2. The Bertz CT molecular complexity index is 917. The van der Waals surface area contributed by atoms with E-state index in [1.807, 2.05) is 42.5 Å². The van der Waals surface area contributed by atoms with Gasteiger partial charge >= 0.3 is 0 Å². The molecule has 5 heteroatoms. The number of amides is 1. The van der Waals surface area contributed by atoms with Crippen LogP contribution in [0.15, 0.2) is 59.7 Å². The van der Waals surface area contributed by atoms with Gasteiger partial charge in [0.05, 0.1) is 10.6 Å². The first kappa shape index (κ1) is 15.1. The van der Waals surface area contributed by atoms with Crippen LogP contribution in [0.25, 0.3) is 21.9 Å². The number of fused-ring (bicyclic) bond motifs is 1. The van der Waals surface area contributed by atoms with Crippen LogP contribution in [0.1, 0.15) is 10.4 Å². The van der Waals surface area contributed by atoms with Crippen molar-refractivity contribution < 1.29 is 9.90 Å². The number of carbonyl (C=O) groups excluding carboxylic acids is 1. The molecule has 0 unspecified atom stereocenters. The van der Waals surface area contributed by atoms with E-state index in [1.165, 1.54) is 12.1 Å². The normalized spacial score (nSPS) is 10.5. The highest BCUT2D eigenvalue weighted by Gasteiger charge is 2.19. The zero-order valence-corrected chi connectivity index (χ0v) is 12.8. The van der Waals surface area contributed by atoms with E-state index in [0.717, 1.165) is 16.3 Å². The van der Waals surface area contributed by atoms with Crippen molar-refractivity contribution in [1.29, 1.82) is 0 Å². The predicted molar refractivity (Wildman–Crippen MR) is 93.1 cm³/mol. The highest BCUT2D eigenvalue weighted by atomic mass is 35.5. The molecule has 3 aromatic rings. The van der Waals surface area contributed by atoms with Gasteiger partial charge in [-0.15, -0.1) is 0 Å². The van der Waals surface area contributed by atoms with E-state index >= 15 is 0 Å². The van der Waals surface area contributed by atoms with Gasteiger partial charge in [0.25, 0.3) is 5.91 Å². The summed E-state index contributed by atoms with van der Waals surface area (Å²) in [5, 5.41) is 15.4. The molecule has 4 nitrogen and oxygen atoms in total. The van der Waals surface area contributed by atoms with Gasteiger partial charge in [0.15, 0.2) is 0 Å². The van der Waals surface area contributed by atoms with Crippen molar-refractivity contribution >= 4 is 35.0 Å². The van der Waals surface area contributed by atoms with Gasteiger partial charge in [-0.2, -0.15) is 5.10 Å². The Hall–Kier alpha value is -2.85. The standard InChI is InChI=1S/C18H13ClN2O2/c1-20-21-18(23)14-9-10-15(22)17(19)16(14)13-8-4-6-11-5-2-3-7-12(11)13/h2-10,22H,1H2,(H,21,23). The highest BCUT2D eigenvalue weighted by Crippen LogP contribution is 2.40. The molecule has 0 saturated heterocycles. The zero-order chi connectivity index (χ0) is 16.4. The van der Waals surface area contributed by atoms with E-state index in [9.17, 15) is 9.90 Å². The third kappa shape index (κ3) is 2.64. The Morgan fingerprint density at radius 1 is 1.09 bits per heavy atom. The molecule has 23 heavy (non-hydrogen) atoms. The molecule has 3 rings (SSSR count). The number of phenols is 1. The fraction of sp³-hybridized carbons (Fsp3) is 0. The third-order valence-corrected chi connectivity index (χ3v) is 3.99. The summed E-state index contributed by atoms with van der Waals surface area (Å²) >= 11 is 6.30. The summed E-state index contributed by atoms with van der Waals surface area (Å²) in [6, 6.07) is 16.4. The lowest BCUT2D eigenvalue weighted by atomic mass is 9.94. The highest BCUT2D eigenvalue weighted by molar-refractivity contribution is 6.36. The van der Waals surface area contributed by atoms with Gasteiger partial charge in [-0.3, -0.25) is 4.79 Å². The van der Waals surface area contributed by atoms with Gasteiger partial charge in [-0.05, 0) is 28.5 Å². The average Bonchev–Trinajstić information content (AvgIpc) is 2.57. The van der Waals surface area contributed by atoms with Gasteiger partial charge in [0.2, 0.25) is 0 Å². The molecule has 0 radical (unpaired) electrons. The number of hydrogen-bond acceptors (Lipinski definition) is 3. The fourth-order valence-electron chi connectivity index (χ4n) is 2.59. The van der Waals surface area contributed by atoms with Crippen molar-refractivity contribution in [3.8, 4) is 16.9 Å². The van der Waals surface area contributed by atoms with Gasteiger partial charge in [-0.25, -0.2) is 5.43 Å². The molecule has 3 aromatic carbocycles. The first-order chi connectivity index (χ1) is 11.1. The second kappa shape index (κ2) is 6.10. The summed E-state index contributed by atoms with van der Waals surface area (Å²) in [5.74, 6) is -0.525. The summed E-state index contributed by atoms with van der Waals surface area (Å²) in [6.45, 7) is 3.25. The first-order valence-electron chi connectivity index (χ1n) is 6.89. The molecule has 0 atom stereocenters. The number of hydrogen-bond donors (Lipinski definition) is 2. The van der Waals surface area contributed by atoms with E-state index < -0.39 is 5.91 Å². The summed E-state index contributed by atoms with van der Waals surface area (Å²) in [6.07, 6.45) is 0. The molecule has 114 valence electrons. The van der Waals surface area contributed by atoms with Crippen molar-refractivity contribution in [1.82, 2.24) is 5.43 Å². The molecule has 1 amide bonds. The predicted octanol–water partition coefficient (Wildman–Crippen LogP) is 4.21. The Kier molecular flexibility index (Phi) is 4.00. The Morgan fingerprint density at radius 2 is 1.83 bits per heavy atom.